The number of carbonyl (C=O) groups is 5. The molecule has 3 saturated carbocycles. The lowest BCUT2D eigenvalue weighted by Gasteiger charge is -2.31. The molecule has 0 atom stereocenters. The first-order chi connectivity index (χ1) is 53.9. The summed E-state index contributed by atoms with van der Waals surface area (Å²) in [6.07, 6.45) is 10.2. The Morgan fingerprint density at radius 2 is 0.802 bits per heavy atom. The van der Waals surface area contributed by atoms with E-state index in [2.05, 4.69) is 106 Å². The molecule has 5 N–H and O–H groups in total. The van der Waals surface area contributed by atoms with Crippen LogP contribution in [0, 0.1) is 30.1 Å². The molecule has 0 saturated heterocycles. The van der Waals surface area contributed by atoms with Crippen molar-refractivity contribution in [3.63, 3.8) is 0 Å². The van der Waals surface area contributed by atoms with E-state index in [1.165, 1.54) is 38.8 Å². The average Bonchev–Trinajstić information content (AvgIpc) is 1.64. The van der Waals surface area contributed by atoms with Crippen LogP contribution in [0.2, 0.25) is 15.5 Å². The van der Waals surface area contributed by atoms with Gasteiger partial charge in [0, 0.05) is 56.3 Å². The van der Waals surface area contributed by atoms with Gasteiger partial charge in [-0.25, -0.2) is 58.6 Å². The summed E-state index contributed by atoms with van der Waals surface area (Å²) in [4.78, 5) is 105. The lowest BCUT2D eigenvalue weighted by Crippen LogP contribution is -2.44. The van der Waals surface area contributed by atoms with Crippen molar-refractivity contribution in [2.45, 2.75) is 269 Å². The van der Waals surface area contributed by atoms with Crippen molar-refractivity contribution >= 4 is 150 Å². The zero-order valence-corrected chi connectivity index (χ0v) is 71.8. The first kappa shape index (κ1) is 90.8. The first-order valence-corrected chi connectivity index (χ1v) is 40.1. The third-order valence-electron chi connectivity index (χ3n) is 19.3. The van der Waals surface area contributed by atoms with Crippen LogP contribution in [0.1, 0.15) is 236 Å². The van der Waals surface area contributed by atoms with Crippen LogP contribution in [0.3, 0.4) is 0 Å². The van der Waals surface area contributed by atoms with Gasteiger partial charge in [-0.3, -0.25) is 73.4 Å². The van der Waals surface area contributed by atoms with Gasteiger partial charge in [-0.05, 0) is 211 Å². The Labute approximate surface area is 686 Å². The fourth-order valence-corrected chi connectivity index (χ4v) is 12.8. The molecule has 0 aromatic carbocycles. The topological polar surface area (TPSA) is 318 Å². The highest BCUT2D eigenvalue weighted by Crippen LogP contribution is 2.42. The fourth-order valence-electron chi connectivity index (χ4n) is 12.4. The average molecular weight is 1680 g/mol. The molecule has 3 aliphatic carbocycles. The number of imidazole rings is 5. The summed E-state index contributed by atoms with van der Waals surface area (Å²) in [7, 11) is 0. The van der Waals surface area contributed by atoms with E-state index >= 15 is 0 Å². The molecule has 116 heavy (non-hydrogen) atoms. The van der Waals surface area contributed by atoms with E-state index in [0.717, 1.165) is 89.9 Å². The van der Waals surface area contributed by atoms with Crippen LogP contribution >= 0.6 is 34.8 Å². The van der Waals surface area contributed by atoms with Gasteiger partial charge in [-0.15, -0.1) is 0 Å². The minimum absolute atomic E-state index is 0.0148. The Hall–Kier alpha value is -9.11. The SMILES string of the molecule is CC(C)(C)CC(=O)Nc1nc2ccc(Cl)nc2n1CC(F)(F)F.CC(C)n1c(NC(=O)CCOC(C)(C)C)nc2ccc(Cl)nc21.CC(F)(F)C(C)(C)C(=O)Nc1nc2ccc(Cl)nc2n1C1CCC1.Cc1ccnc2c1nc(NC(=O)CC(C)(C)C)n2C1CCC1.Cc1ccnc2c1nc(NC(=O)CCOC(C)(C)C)n2C1CCC1. The Balaban J connectivity index is 0.000000166. The molecule has 35 heteroatoms. The number of nitrogens with one attached hydrogen (secondary N) is 5. The molecule has 0 radical (unpaired) electrons. The maximum atomic E-state index is 13.7. The van der Waals surface area contributed by atoms with Gasteiger partial charge in [0.1, 0.15) is 55.0 Å². The lowest BCUT2D eigenvalue weighted by molar-refractivity contribution is -0.146. The summed E-state index contributed by atoms with van der Waals surface area (Å²) in [5, 5.41) is 14.6. The number of pyridine rings is 5. The number of aromatic nitrogens is 15. The number of alkyl halides is 5. The number of aryl methyl sites for hydroxylation is 2. The van der Waals surface area contributed by atoms with Crippen molar-refractivity contribution in [3.8, 4) is 0 Å². The molecule has 10 aromatic rings. The van der Waals surface area contributed by atoms with E-state index in [1.807, 2.05) is 113 Å². The standard InChI is InChI=1S/C18H26N4O2.C17H24N4O.C16H19ClF2N4O.C16H23ClN4O2.C14H16ClF3N4O/c1-12-8-10-19-16-15(12)21-17(22(16)13-6-5-7-13)20-14(23)9-11-24-18(2,3)4;1-11-8-9-18-15-14(11)20-16(21(15)12-6-5-7-12)19-13(22)10-17(2,3)4;1-15(2,16(3,18)19)13(24)22-14-20-10-7-8-11(17)21-12(10)23(14)9-5-4-6-9;1-10(2)21-14-11(6-7-12(17)19-14)18-15(21)20-13(22)8-9-23-16(3,4)5;1-13(2,3)6-10(23)21-12-19-8-4-5-9(15)20-11(8)22(12)7-14(16,17)18/h8,10,13H,5-7,9,11H2,1-4H3,(H,20,21,23);8-9,12H,5-7,10H2,1-4H3,(H,19,20,22);7-9H,4-6H2,1-3H3,(H,20,22,24);6-7,10H,8-9H2,1-5H3,(H,18,20,22);4-5H,6-7H2,1-3H3,(H,19,21,23). The minimum atomic E-state index is -4.48. The number of amides is 5. The normalized spacial score (nSPS) is 14.5. The van der Waals surface area contributed by atoms with Crippen LogP contribution in [0.5, 0.6) is 0 Å². The second kappa shape index (κ2) is 36.8. The van der Waals surface area contributed by atoms with Crippen molar-refractivity contribution < 1.29 is 55.4 Å². The summed E-state index contributed by atoms with van der Waals surface area (Å²) >= 11 is 17.7. The quantitative estimate of drug-likeness (QED) is 0.0350. The molecule has 13 rings (SSSR count). The summed E-state index contributed by atoms with van der Waals surface area (Å²) in [6.45, 7) is 34.2. The van der Waals surface area contributed by atoms with E-state index < -0.39 is 35.9 Å². The predicted octanol–water partition coefficient (Wildman–Crippen LogP) is 19.7. The molecule has 3 aliphatic rings. The van der Waals surface area contributed by atoms with Gasteiger partial charge in [0.05, 0.1) is 37.3 Å². The molecule has 5 amide bonds. The van der Waals surface area contributed by atoms with E-state index in [-0.39, 0.29) is 92.9 Å². The largest absolute Gasteiger partial charge is 0.406 e. The van der Waals surface area contributed by atoms with E-state index in [1.54, 1.807) is 35.0 Å². The zero-order valence-electron chi connectivity index (χ0n) is 69.5. The van der Waals surface area contributed by atoms with Gasteiger partial charge in [-0.2, -0.15) is 13.2 Å². The number of ether oxygens (including phenoxy) is 2. The van der Waals surface area contributed by atoms with Gasteiger partial charge >= 0.3 is 6.18 Å². The number of anilines is 5. The van der Waals surface area contributed by atoms with Gasteiger partial charge < -0.3 is 9.47 Å². The number of hydrogen-bond donors (Lipinski definition) is 5. The molecule has 0 unspecified atom stereocenters. The van der Waals surface area contributed by atoms with Gasteiger partial charge in [0.2, 0.25) is 59.3 Å². The van der Waals surface area contributed by atoms with Gasteiger partial charge in [0.25, 0.3) is 5.92 Å². The molecule has 630 valence electrons. The Morgan fingerprint density at radius 1 is 0.448 bits per heavy atom. The van der Waals surface area contributed by atoms with Gasteiger partial charge in [0.15, 0.2) is 28.2 Å². The van der Waals surface area contributed by atoms with Crippen molar-refractivity contribution in [1.29, 1.82) is 0 Å². The highest BCUT2D eigenvalue weighted by atomic mass is 35.5. The Kier molecular flexibility index (Phi) is 28.8. The monoisotopic (exact) mass is 1670 g/mol. The summed E-state index contributed by atoms with van der Waals surface area (Å²) in [6, 6.07) is 14.6. The predicted molar refractivity (Wildman–Crippen MR) is 444 cm³/mol. The van der Waals surface area contributed by atoms with E-state index in [0.29, 0.717) is 88.6 Å². The zero-order chi connectivity index (χ0) is 85.5. The smallest absolute Gasteiger partial charge is 0.375 e. The van der Waals surface area contributed by atoms with E-state index in [9.17, 15) is 45.9 Å². The minimum Gasteiger partial charge on any atom is -0.375 e. The third kappa shape index (κ3) is 24.3. The van der Waals surface area contributed by atoms with Crippen LogP contribution in [0.15, 0.2) is 60.9 Å². The van der Waals surface area contributed by atoms with Crippen LogP contribution < -0.4 is 26.6 Å². The number of rotatable bonds is 20. The maximum Gasteiger partial charge on any atom is 0.406 e. The fraction of sp³-hybridized carbons (Fsp3) is 0.568. The van der Waals surface area contributed by atoms with Crippen LogP contribution in [0.4, 0.5) is 51.7 Å². The molecule has 0 aliphatic heterocycles. The molecular formula is C81H108Cl3F5N20O7. The van der Waals surface area contributed by atoms with E-state index in [4.69, 9.17) is 44.3 Å². The van der Waals surface area contributed by atoms with Crippen molar-refractivity contribution in [1.82, 2.24) is 72.7 Å². The molecular weight excluding hydrogens is 1570 g/mol. The summed E-state index contributed by atoms with van der Waals surface area (Å²) in [5.41, 5.74) is 5.67. The Bertz CT molecular complexity index is 5160. The van der Waals surface area contributed by atoms with Crippen molar-refractivity contribution in [2.24, 2.45) is 16.2 Å². The second-order valence-electron chi connectivity index (χ2n) is 34.8. The third-order valence-corrected chi connectivity index (χ3v) is 19.9. The van der Waals surface area contributed by atoms with Crippen molar-refractivity contribution in [3.05, 3.63) is 87.5 Å². The number of nitrogens with zero attached hydrogens (tertiary/aromatic N) is 15. The number of carbonyl (C=O) groups excluding carboxylic acids is 5. The molecule has 0 spiro atoms. The summed E-state index contributed by atoms with van der Waals surface area (Å²) < 4.78 is 85.8. The molecule has 0 bridgehead atoms. The lowest BCUT2D eigenvalue weighted by atomic mass is 9.85. The van der Waals surface area contributed by atoms with Crippen LogP contribution in [-0.2, 0) is 40.0 Å². The second-order valence-corrected chi connectivity index (χ2v) is 36.0. The van der Waals surface area contributed by atoms with Gasteiger partial charge in [-0.1, -0.05) is 76.3 Å². The first-order valence-electron chi connectivity index (χ1n) is 38.9. The van der Waals surface area contributed by atoms with Crippen LogP contribution in [0.25, 0.3) is 55.8 Å². The maximum absolute atomic E-state index is 13.7. The highest BCUT2D eigenvalue weighted by Gasteiger charge is 2.49. The molecule has 27 nitrogen and oxygen atoms in total. The molecule has 10 heterocycles. The van der Waals surface area contributed by atoms with Crippen LogP contribution in [-0.4, -0.2) is 139 Å². The summed E-state index contributed by atoms with van der Waals surface area (Å²) in [5.74, 6) is -2.77. The van der Waals surface area contributed by atoms with Crippen molar-refractivity contribution in [2.75, 3.05) is 39.8 Å². The highest BCUT2D eigenvalue weighted by molar-refractivity contribution is 6.30. The molecule has 3 fully saturated rings. The molecule has 10 aromatic heterocycles. The number of fused-ring (bicyclic) bond motifs is 5. The Morgan fingerprint density at radius 3 is 1.19 bits per heavy atom. The number of halogens is 8. The number of hydrogen-bond acceptors (Lipinski definition) is 17.